The van der Waals surface area contributed by atoms with Crippen molar-refractivity contribution < 1.29 is 13.9 Å². The van der Waals surface area contributed by atoms with Crippen molar-refractivity contribution >= 4 is 11.0 Å². The normalized spacial score (nSPS) is 12.5. The van der Waals surface area contributed by atoms with Crippen LogP contribution >= 0.6 is 0 Å². The molecule has 0 aliphatic rings. The summed E-state index contributed by atoms with van der Waals surface area (Å²) in [6.45, 7) is 1.51. The molecule has 0 aliphatic carbocycles. The van der Waals surface area contributed by atoms with Gasteiger partial charge in [0, 0.05) is 0 Å². The van der Waals surface area contributed by atoms with Crippen molar-refractivity contribution in [2.24, 2.45) is 0 Å². The summed E-state index contributed by atoms with van der Waals surface area (Å²) >= 11 is 0. The van der Waals surface area contributed by atoms with Crippen molar-refractivity contribution in [2.45, 2.75) is 13.0 Å². The predicted molar refractivity (Wildman–Crippen MR) is 78.5 cm³/mol. The Balaban J connectivity index is 2.47. The minimum Gasteiger partial charge on any atom is -0.457 e. The summed E-state index contributed by atoms with van der Waals surface area (Å²) in [6, 6.07) is 13.0. The van der Waals surface area contributed by atoms with E-state index in [0.29, 0.717) is 5.56 Å². The van der Waals surface area contributed by atoms with Crippen LogP contribution in [0.15, 0.2) is 57.7 Å². The second kappa shape index (κ2) is 5.14. The van der Waals surface area contributed by atoms with Gasteiger partial charge in [0.2, 0.25) is 5.43 Å². The van der Waals surface area contributed by atoms with Crippen LogP contribution < -0.4 is 5.43 Å². The standard InChI is InChI=1S/C17H13FO3/c1-10(19)17-14(11-6-3-2-4-7-11)16(20)15-12(18)8-5-9-13(15)21-17/h2-10,19H,1H3/t10-/m0/s1. The molecule has 0 aliphatic heterocycles. The fourth-order valence-electron chi connectivity index (χ4n) is 2.39. The Labute approximate surface area is 120 Å². The van der Waals surface area contributed by atoms with Gasteiger partial charge in [-0.05, 0) is 24.6 Å². The zero-order chi connectivity index (χ0) is 15.0. The lowest BCUT2D eigenvalue weighted by Gasteiger charge is -2.12. The largest absolute Gasteiger partial charge is 0.457 e. The molecule has 0 bridgehead atoms. The molecule has 0 unspecified atom stereocenters. The van der Waals surface area contributed by atoms with Gasteiger partial charge < -0.3 is 9.52 Å². The van der Waals surface area contributed by atoms with E-state index < -0.39 is 17.3 Å². The topological polar surface area (TPSA) is 50.4 Å². The first-order valence-electron chi connectivity index (χ1n) is 6.58. The van der Waals surface area contributed by atoms with E-state index in [1.807, 2.05) is 6.07 Å². The van der Waals surface area contributed by atoms with Gasteiger partial charge in [0.05, 0.1) is 5.56 Å². The molecule has 4 heteroatoms. The molecule has 21 heavy (non-hydrogen) atoms. The summed E-state index contributed by atoms with van der Waals surface area (Å²) in [7, 11) is 0. The lowest BCUT2D eigenvalue weighted by Crippen LogP contribution is -2.12. The SMILES string of the molecule is C[C@H](O)c1oc2cccc(F)c2c(=O)c1-c1ccccc1. The number of hydrogen-bond donors (Lipinski definition) is 1. The molecule has 0 amide bonds. The second-order valence-corrected chi connectivity index (χ2v) is 4.83. The highest BCUT2D eigenvalue weighted by atomic mass is 19.1. The van der Waals surface area contributed by atoms with Crippen LogP contribution in [0.4, 0.5) is 4.39 Å². The van der Waals surface area contributed by atoms with Crippen LogP contribution in [0.5, 0.6) is 0 Å². The number of rotatable bonds is 2. The Morgan fingerprint density at radius 2 is 1.81 bits per heavy atom. The molecule has 1 N–H and O–H groups in total. The van der Waals surface area contributed by atoms with E-state index in [4.69, 9.17) is 4.42 Å². The molecule has 3 rings (SSSR count). The van der Waals surface area contributed by atoms with E-state index in [-0.39, 0.29) is 22.3 Å². The summed E-state index contributed by atoms with van der Waals surface area (Å²) in [6.07, 6.45) is -0.972. The number of fused-ring (bicyclic) bond motifs is 1. The Morgan fingerprint density at radius 3 is 2.48 bits per heavy atom. The Kier molecular flexibility index (Phi) is 3.31. The van der Waals surface area contributed by atoms with Crippen molar-refractivity contribution in [2.75, 3.05) is 0 Å². The van der Waals surface area contributed by atoms with Crippen molar-refractivity contribution in [3.05, 3.63) is 70.3 Å². The molecule has 106 valence electrons. The average molecular weight is 284 g/mol. The van der Waals surface area contributed by atoms with Crippen LogP contribution in [0.3, 0.4) is 0 Å². The molecule has 3 aromatic rings. The maximum absolute atomic E-state index is 14.0. The maximum Gasteiger partial charge on any atom is 0.203 e. The van der Waals surface area contributed by atoms with Crippen LogP contribution in [0.1, 0.15) is 18.8 Å². The van der Waals surface area contributed by atoms with E-state index in [1.165, 1.54) is 25.1 Å². The summed E-state index contributed by atoms with van der Waals surface area (Å²) in [5, 5.41) is 9.80. The van der Waals surface area contributed by atoms with E-state index in [0.717, 1.165) is 0 Å². The van der Waals surface area contributed by atoms with Crippen LogP contribution in [-0.4, -0.2) is 5.11 Å². The van der Waals surface area contributed by atoms with Crippen LogP contribution in [-0.2, 0) is 0 Å². The Bertz CT molecular complexity index is 851. The molecule has 1 atom stereocenters. The first-order valence-corrected chi connectivity index (χ1v) is 6.58. The molecular formula is C17H13FO3. The molecule has 1 heterocycles. The molecule has 0 spiro atoms. The number of aliphatic hydroxyl groups is 1. The zero-order valence-electron chi connectivity index (χ0n) is 11.3. The first kappa shape index (κ1) is 13.5. The minimum absolute atomic E-state index is 0.0965. The molecule has 0 saturated carbocycles. The molecular weight excluding hydrogens is 271 g/mol. The van der Waals surface area contributed by atoms with Gasteiger partial charge in [0.1, 0.15) is 28.7 Å². The smallest absolute Gasteiger partial charge is 0.203 e. The zero-order valence-corrected chi connectivity index (χ0v) is 11.3. The fraction of sp³-hybridized carbons (Fsp3) is 0.118. The van der Waals surface area contributed by atoms with Crippen LogP contribution in [0.25, 0.3) is 22.1 Å². The van der Waals surface area contributed by atoms with Crippen LogP contribution in [0, 0.1) is 5.82 Å². The quantitative estimate of drug-likeness (QED) is 0.781. The van der Waals surface area contributed by atoms with Crippen LogP contribution in [0.2, 0.25) is 0 Å². The Morgan fingerprint density at radius 1 is 1.10 bits per heavy atom. The van der Waals surface area contributed by atoms with E-state index in [2.05, 4.69) is 0 Å². The van der Waals surface area contributed by atoms with Crippen molar-refractivity contribution in [1.29, 1.82) is 0 Å². The molecule has 3 nitrogen and oxygen atoms in total. The minimum atomic E-state index is -0.972. The van der Waals surface area contributed by atoms with Crippen molar-refractivity contribution in [1.82, 2.24) is 0 Å². The number of halogens is 1. The lowest BCUT2D eigenvalue weighted by molar-refractivity contribution is 0.171. The van der Waals surface area contributed by atoms with Gasteiger partial charge in [-0.1, -0.05) is 36.4 Å². The third-order valence-electron chi connectivity index (χ3n) is 3.34. The molecule has 0 fully saturated rings. The monoisotopic (exact) mass is 284 g/mol. The number of hydrogen-bond acceptors (Lipinski definition) is 3. The van der Waals surface area contributed by atoms with Crippen molar-refractivity contribution in [3.8, 4) is 11.1 Å². The number of aliphatic hydroxyl groups excluding tert-OH is 1. The predicted octanol–water partition coefficient (Wildman–Crippen LogP) is 3.65. The second-order valence-electron chi connectivity index (χ2n) is 4.83. The van der Waals surface area contributed by atoms with E-state index in [1.54, 1.807) is 24.3 Å². The first-order chi connectivity index (χ1) is 10.1. The molecule has 0 saturated heterocycles. The van der Waals surface area contributed by atoms with Gasteiger partial charge in [0.25, 0.3) is 0 Å². The molecule has 2 aromatic carbocycles. The van der Waals surface area contributed by atoms with Gasteiger partial charge in [0.15, 0.2) is 0 Å². The fourth-order valence-corrected chi connectivity index (χ4v) is 2.39. The van der Waals surface area contributed by atoms with Crippen molar-refractivity contribution in [3.63, 3.8) is 0 Å². The van der Waals surface area contributed by atoms with Gasteiger partial charge in [-0.25, -0.2) is 4.39 Å². The highest BCUT2D eigenvalue weighted by Crippen LogP contribution is 2.29. The maximum atomic E-state index is 14.0. The third-order valence-corrected chi connectivity index (χ3v) is 3.34. The highest BCUT2D eigenvalue weighted by molar-refractivity contribution is 5.83. The Hall–Kier alpha value is -2.46. The van der Waals surface area contributed by atoms with Gasteiger partial charge in [-0.3, -0.25) is 4.79 Å². The summed E-state index contributed by atoms with van der Waals surface area (Å²) < 4.78 is 19.5. The number of benzene rings is 2. The average Bonchev–Trinajstić information content (AvgIpc) is 2.47. The highest BCUT2D eigenvalue weighted by Gasteiger charge is 2.20. The summed E-state index contributed by atoms with van der Waals surface area (Å²) in [5.41, 5.74) is 0.447. The third kappa shape index (κ3) is 2.23. The van der Waals surface area contributed by atoms with Gasteiger partial charge in [-0.2, -0.15) is 0 Å². The molecule has 0 radical (unpaired) electrons. The molecule has 1 aromatic heterocycles. The van der Waals surface area contributed by atoms with E-state index >= 15 is 0 Å². The van der Waals surface area contributed by atoms with E-state index in [9.17, 15) is 14.3 Å². The van der Waals surface area contributed by atoms with Gasteiger partial charge in [-0.15, -0.1) is 0 Å². The lowest BCUT2D eigenvalue weighted by atomic mass is 10.00. The summed E-state index contributed by atoms with van der Waals surface area (Å²) in [4.78, 5) is 12.7. The van der Waals surface area contributed by atoms with Gasteiger partial charge >= 0.3 is 0 Å². The summed E-state index contributed by atoms with van der Waals surface area (Å²) in [5.74, 6) is -0.486.